The van der Waals surface area contributed by atoms with Crippen LogP contribution in [-0.2, 0) is 0 Å². The zero-order chi connectivity index (χ0) is 14.5. The number of nitrogens with zero attached hydrogens (tertiary/aromatic N) is 1. The van der Waals surface area contributed by atoms with Crippen molar-refractivity contribution in [3.05, 3.63) is 42.0 Å². The van der Waals surface area contributed by atoms with Gasteiger partial charge in [0.05, 0.1) is 5.56 Å². The molecule has 0 aliphatic carbocycles. The minimum absolute atomic E-state index is 0.638. The molecular formula is C18H21NO2. The lowest BCUT2D eigenvalue weighted by Crippen LogP contribution is -2.33. The lowest BCUT2D eigenvalue weighted by Gasteiger charge is -2.26. The Kier molecular flexibility index (Phi) is 4.51. The molecule has 0 spiro atoms. The number of hydrogen-bond donors (Lipinski definition) is 0. The van der Waals surface area contributed by atoms with E-state index < -0.39 is 0 Å². The number of hydrogen-bond acceptors (Lipinski definition) is 3. The number of fused-ring (bicyclic) bond motifs is 1. The van der Waals surface area contributed by atoms with E-state index in [1.54, 1.807) is 0 Å². The molecule has 3 heteroatoms. The van der Waals surface area contributed by atoms with Crippen molar-refractivity contribution in [3.63, 3.8) is 0 Å². The van der Waals surface area contributed by atoms with Crippen molar-refractivity contribution in [1.29, 1.82) is 0 Å². The van der Waals surface area contributed by atoms with Crippen LogP contribution in [0, 0.1) is 0 Å². The van der Waals surface area contributed by atoms with Crippen molar-refractivity contribution in [2.75, 3.05) is 26.2 Å². The molecule has 2 aromatic rings. The Hall–Kier alpha value is -1.87. The van der Waals surface area contributed by atoms with Crippen molar-refractivity contribution in [2.24, 2.45) is 0 Å². The summed E-state index contributed by atoms with van der Waals surface area (Å²) in [6.07, 6.45) is 4.82. The second kappa shape index (κ2) is 6.72. The molecule has 1 fully saturated rings. The molecule has 2 aromatic carbocycles. The van der Waals surface area contributed by atoms with Gasteiger partial charge in [-0.1, -0.05) is 36.8 Å². The van der Waals surface area contributed by atoms with Crippen LogP contribution in [0.4, 0.5) is 0 Å². The standard InChI is InChI=1S/C18H21NO2/c20-14-17-16-7-3-2-6-15(16)8-9-18(17)21-13-12-19-10-4-1-5-11-19/h2-3,6-9,14H,1,4-5,10-13H2. The van der Waals surface area contributed by atoms with Crippen molar-refractivity contribution < 1.29 is 9.53 Å². The maximum atomic E-state index is 11.4. The highest BCUT2D eigenvalue weighted by atomic mass is 16.5. The average molecular weight is 283 g/mol. The fourth-order valence-corrected chi connectivity index (χ4v) is 2.99. The molecule has 0 atom stereocenters. The fourth-order valence-electron chi connectivity index (χ4n) is 2.99. The molecule has 0 bridgehead atoms. The average Bonchev–Trinajstić information content (AvgIpc) is 2.55. The van der Waals surface area contributed by atoms with E-state index in [9.17, 15) is 4.79 Å². The Balaban J connectivity index is 1.70. The maximum absolute atomic E-state index is 11.4. The monoisotopic (exact) mass is 283 g/mol. The van der Waals surface area contributed by atoms with Crippen LogP contribution in [0.3, 0.4) is 0 Å². The third kappa shape index (κ3) is 3.24. The van der Waals surface area contributed by atoms with Gasteiger partial charge in [-0.2, -0.15) is 0 Å². The van der Waals surface area contributed by atoms with E-state index in [-0.39, 0.29) is 0 Å². The Bertz CT molecular complexity index is 618. The highest BCUT2D eigenvalue weighted by Crippen LogP contribution is 2.26. The zero-order valence-corrected chi connectivity index (χ0v) is 12.3. The molecule has 0 radical (unpaired) electrons. The molecule has 0 aromatic heterocycles. The van der Waals surface area contributed by atoms with Crippen LogP contribution in [0.1, 0.15) is 29.6 Å². The smallest absolute Gasteiger partial charge is 0.154 e. The molecule has 21 heavy (non-hydrogen) atoms. The third-order valence-corrected chi connectivity index (χ3v) is 4.16. The van der Waals surface area contributed by atoms with Crippen LogP contribution in [0.25, 0.3) is 10.8 Å². The largest absolute Gasteiger partial charge is 0.491 e. The first-order valence-corrected chi connectivity index (χ1v) is 7.70. The summed E-state index contributed by atoms with van der Waals surface area (Å²) in [5.41, 5.74) is 0.659. The SMILES string of the molecule is O=Cc1c(OCCN2CCCCC2)ccc2ccccc12. The van der Waals surface area contributed by atoms with Crippen LogP contribution in [0.15, 0.2) is 36.4 Å². The third-order valence-electron chi connectivity index (χ3n) is 4.16. The Morgan fingerprint density at radius 1 is 1.05 bits per heavy atom. The van der Waals surface area contributed by atoms with Crippen LogP contribution in [-0.4, -0.2) is 37.4 Å². The Labute approximate surface area is 125 Å². The molecule has 1 aliphatic rings. The van der Waals surface area contributed by atoms with Gasteiger partial charge in [-0.15, -0.1) is 0 Å². The van der Waals surface area contributed by atoms with Gasteiger partial charge in [0.2, 0.25) is 0 Å². The van der Waals surface area contributed by atoms with Crippen molar-refractivity contribution in [1.82, 2.24) is 4.90 Å². The van der Waals surface area contributed by atoms with E-state index >= 15 is 0 Å². The lowest BCUT2D eigenvalue weighted by molar-refractivity contribution is 0.111. The van der Waals surface area contributed by atoms with Gasteiger partial charge in [0.25, 0.3) is 0 Å². The molecule has 0 unspecified atom stereocenters. The van der Waals surface area contributed by atoms with Gasteiger partial charge in [-0.25, -0.2) is 0 Å². The minimum atomic E-state index is 0.638. The van der Waals surface area contributed by atoms with Crippen LogP contribution < -0.4 is 4.74 Å². The number of rotatable bonds is 5. The predicted molar refractivity (Wildman–Crippen MR) is 85.1 cm³/mol. The molecule has 0 saturated carbocycles. The number of carbonyl (C=O) groups excluding carboxylic acids is 1. The molecule has 110 valence electrons. The number of ether oxygens (including phenoxy) is 1. The summed E-state index contributed by atoms with van der Waals surface area (Å²) in [7, 11) is 0. The Morgan fingerprint density at radius 2 is 1.86 bits per heavy atom. The van der Waals surface area contributed by atoms with E-state index in [0.717, 1.165) is 23.6 Å². The topological polar surface area (TPSA) is 29.5 Å². The first kappa shape index (κ1) is 14.1. The number of aldehydes is 1. The van der Waals surface area contributed by atoms with Crippen molar-refractivity contribution in [2.45, 2.75) is 19.3 Å². The van der Waals surface area contributed by atoms with Crippen LogP contribution >= 0.6 is 0 Å². The second-order valence-electron chi connectivity index (χ2n) is 5.57. The van der Waals surface area contributed by atoms with E-state index in [4.69, 9.17) is 4.74 Å². The summed E-state index contributed by atoms with van der Waals surface area (Å²) in [5.74, 6) is 0.695. The van der Waals surface area contributed by atoms with E-state index in [1.807, 2.05) is 36.4 Å². The molecule has 0 N–H and O–H groups in total. The summed E-state index contributed by atoms with van der Waals surface area (Å²) >= 11 is 0. The summed E-state index contributed by atoms with van der Waals surface area (Å²) in [5, 5.41) is 2.03. The van der Waals surface area contributed by atoms with E-state index in [1.165, 1.54) is 32.4 Å². The molecular weight excluding hydrogens is 262 g/mol. The van der Waals surface area contributed by atoms with Crippen molar-refractivity contribution in [3.8, 4) is 5.75 Å². The fraction of sp³-hybridized carbons (Fsp3) is 0.389. The predicted octanol–water partition coefficient (Wildman–Crippen LogP) is 3.52. The second-order valence-corrected chi connectivity index (χ2v) is 5.57. The normalized spacial score (nSPS) is 16.0. The van der Waals surface area contributed by atoms with E-state index in [0.29, 0.717) is 17.9 Å². The zero-order valence-electron chi connectivity index (χ0n) is 12.3. The number of carbonyl (C=O) groups is 1. The van der Waals surface area contributed by atoms with Crippen molar-refractivity contribution >= 4 is 17.1 Å². The molecule has 1 aliphatic heterocycles. The first-order chi connectivity index (χ1) is 10.4. The number of piperidine rings is 1. The van der Waals surface area contributed by atoms with Gasteiger partial charge < -0.3 is 4.74 Å². The molecule has 1 heterocycles. The molecule has 3 rings (SSSR count). The summed E-state index contributed by atoms with van der Waals surface area (Å²) < 4.78 is 5.87. The Morgan fingerprint density at radius 3 is 2.67 bits per heavy atom. The molecule has 3 nitrogen and oxygen atoms in total. The summed E-state index contributed by atoms with van der Waals surface area (Å²) in [6.45, 7) is 3.91. The highest BCUT2D eigenvalue weighted by molar-refractivity contribution is 6.00. The lowest BCUT2D eigenvalue weighted by atomic mass is 10.0. The minimum Gasteiger partial charge on any atom is -0.491 e. The van der Waals surface area contributed by atoms with Gasteiger partial charge >= 0.3 is 0 Å². The van der Waals surface area contributed by atoms with Gasteiger partial charge in [0.1, 0.15) is 12.4 Å². The number of benzene rings is 2. The van der Waals surface area contributed by atoms with Gasteiger partial charge in [-0.3, -0.25) is 9.69 Å². The quantitative estimate of drug-likeness (QED) is 0.786. The van der Waals surface area contributed by atoms with Gasteiger partial charge in [-0.05, 0) is 42.8 Å². The number of likely N-dealkylation sites (tertiary alicyclic amines) is 1. The highest BCUT2D eigenvalue weighted by Gasteiger charge is 2.11. The van der Waals surface area contributed by atoms with Gasteiger partial charge in [0, 0.05) is 6.54 Å². The summed E-state index contributed by atoms with van der Waals surface area (Å²) in [6, 6.07) is 11.8. The van der Waals surface area contributed by atoms with Crippen LogP contribution in [0.5, 0.6) is 5.75 Å². The molecule has 1 saturated heterocycles. The first-order valence-electron chi connectivity index (χ1n) is 7.70. The summed E-state index contributed by atoms with van der Waals surface area (Å²) in [4.78, 5) is 13.9. The maximum Gasteiger partial charge on any atom is 0.154 e. The van der Waals surface area contributed by atoms with E-state index in [2.05, 4.69) is 4.90 Å². The molecule has 0 amide bonds. The van der Waals surface area contributed by atoms with Gasteiger partial charge in [0.15, 0.2) is 6.29 Å². The van der Waals surface area contributed by atoms with Crippen LogP contribution in [0.2, 0.25) is 0 Å².